The maximum absolute atomic E-state index is 13.2. The third-order valence-corrected chi connectivity index (χ3v) is 4.25. The van der Waals surface area contributed by atoms with E-state index in [1.54, 1.807) is 18.7 Å². The van der Waals surface area contributed by atoms with Crippen molar-refractivity contribution in [2.75, 3.05) is 18.4 Å². The van der Waals surface area contributed by atoms with Gasteiger partial charge in [-0.3, -0.25) is 9.59 Å². The zero-order valence-corrected chi connectivity index (χ0v) is 14.8. The molecule has 8 heteroatoms. The summed E-state index contributed by atoms with van der Waals surface area (Å²) < 4.78 is 26.1. The van der Waals surface area contributed by atoms with E-state index in [2.05, 4.69) is 16.7 Å². The highest BCUT2D eigenvalue weighted by molar-refractivity contribution is 5.91. The molecule has 0 unspecified atom stereocenters. The fraction of sp³-hybridized carbons (Fsp3) is 0.500. The van der Waals surface area contributed by atoms with Crippen LogP contribution in [0.15, 0.2) is 18.2 Å². The number of nitrogens with zero attached hydrogens (tertiary/aromatic N) is 2. The lowest BCUT2D eigenvalue weighted by molar-refractivity contribution is -0.130. The second-order valence-electron chi connectivity index (χ2n) is 6.97. The molecule has 1 fully saturated rings. The van der Waals surface area contributed by atoms with Crippen LogP contribution >= 0.6 is 0 Å². The number of benzene rings is 1. The summed E-state index contributed by atoms with van der Waals surface area (Å²) in [5.41, 5.74) is -0.532. The third-order valence-electron chi connectivity index (χ3n) is 4.25. The van der Waals surface area contributed by atoms with E-state index in [1.165, 1.54) is 6.07 Å². The topological polar surface area (TPSA) is 85.2 Å². The van der Waals surface area contributed by atoms with E-state index >= 15 is 0 Å². The highest BCUT2D eigenvalue weighted by Gasteiger charge is 2.30. The minimum atomic E-state index is -1.04. The average molecular weight is 364 g/mol. The van der Waals surface area contributed by atoms with E-state index in [1.807, 2.05) is 0 Å². The molecule has 1 aromatic rings. The number of amides is 2. The summed E-state index contributed by atoms with van der Waals surface area (Å²) in [6, 6.07) is 4.85. The lowest BCUT2D eigenvalue weighted by atomic mass is 10.00. The molecular weight excluding hydrogens is 342 g/mol. The quantitative estimate of drug-likeness (QED) is 0.810. The molecule has 1 aliphatic heterocycles. The van der Waals surface area contributed by atoms with Crippen molar-refractivity contribution < 1.29 is 18.4 Å². The number of carbonyl (C=O) groups is 2. The molecule has 1 heterocycles. The number of rotatable bonds is 6. The number of hydrogen-bond donors (Lipinski definition) is 2. The van der Waals surface area contributed by atoms with Gasteiger partial charge in [-0.1, -0.05) is 0 Å². The smallest absolute Gasteiger partial charge is 0.237 e. The first-order chi connectivity index (χ1) is 12.2. The molecule has 0 radical (unpaired) electrons. The fourth-order valence-electron chi connectivity index (χ4n) is 2.86. The molecule has 0 bridgehead atoms. The highest BCUT2D eigenvalue weighted by Crippen LogP contribution is 2.18. The van der Waals surface area contributed by atoms with Gasteiger partial charge < -0.3 is 15.5 Å². The van der Waals surface area contributed by atoms with Gasteiger partial charge in [0.2, 0.25) is 11.8 Å². The van der Waals surface area contributed by atoms with Crippen molar-refractivity contribution in [2.45, 2.75) is 44.7 Å². The van der Waals surface area contributed by atoms with Crippen molar-refractivity contribution in [3.63, 3.8) is 0 Å². The monoisotopic (exact) mass is 364 g/mol. The average Bonchev–Trinajstić information content (AvgIpc) is 3.04. The van der Waals surface area contributed by atoms with Crippen LogP contribution in [0.25, 0.3) is 0 Å². The van der Waals surface area contributed by atoms with Crippen LogP contribution in [-0.2, 0) is 9.59 Å². The molecule has 2 amide bonds. The molecule has 26 heavy (non-hydrogen) atoms. The molecule has 1 saturated heterocycles. The number of carbonyl (C=O) groups excluding carboxylic acids is 2. The summed E-state index contributed by atoms with van der Waals surface area (Å²) in [6.45, 7) is 4.10. The van der Waals surface area contributed by atoms with Crippen LogP contribution in [0.4, 0.5) is 14.5 Å². The van der Waals surface area contributed by atoms with Crippen LogP contribution in [0.5, 0.6) is 0 Å². The van der Waals surface area contributed by atoms with Crippen LogP contribution in [0, 0.1) is 23.0 Å². The maximum atomic E-state index is 13.2. The lowest BCUT2D eigenvalue weighted by Gasteiger charge is -2.27. The summed E-state index contributed by atoms with van der Waals surface area (Å²) in [5, 5.41) is 14.6. The lowest BCUT2D eigenvalue weighted by Crippen LogP contribution is -2.48. The van der Waals surface area contributed by atoms with Gasteiger partial charge in [-0.2, -0.15) is 5.26 Å². The predicted octanol–water partition coefficient (Wildman–Crippen LogP) is 2.18. The Kier molecular flexibility index (Phi) is 6.27. The van der Waals surface area contributed by atoms with Gasteiger partial charge in [0.1, 0.15) is 6.04 Å². The van der Waals surface area contributed by atoms with E-state index < -0.39 is 23.1 Å². The first-order valence-electron chi connectivity index (χ1n) is 8.41. The number of nitrogens with one attached hydrogen (secondary N) is 2. The molecule has 140 valence electrons. The summed E-state index contributed by atoms with van der Waals surface area (Å²) in [5.74, 6) is -2.59. The second-order valence-corrected chi connectivity index (χ2v) is 6.97. The van der Waals surface area contributed by atoms with Crippen molar-refractivity contribution in [1.29, 1.82) is 5.26 Å². The Morgan fingerprint density at radius 3 is 2.73 bits per heavy atom. The van der Waals surface area contributed by atoms with Gasteiger partial charge in [-0.25, -0.2) is 8.78 Å². The minimum Gasteiger partial charge on any atom is -0.326 e. The summed E-state index contributed by atoms with van der Waals surface area (Å²) in [4.78, 5) is 25.9. The van der Waals surface area contributed by atoms with Gasteiger partial charge in [0, 0.05) is 30.3 Å². The Hall–Kier alpha value is -2.53. The molecule has 0 aliphatic carbocycles. The zero-order valence-electron chi connectivity index (χ0n) is 14.8. The van der Waals surface area contributed by atoms with Crippen LogP contribution < -0.4 is 10.6 Å². The van der Waals surface area contributed by atoms with Gasteiger partial charge in [-0.15, -0.1) is 0 Å². The zero-order chi connectivity index (χ0) is 19.3. The Balaban J connectivity index is 1.85. The Bertz CT molecular complexity index is 730. The molecule has 6 nitrogen and oxygen atoms in total. The number of nitriles is 1. The van der Waals surface area contributed by atoms with Crippen molar-refractivity contribution in [1.82, 2.24) is 10.2 Å². The highest BCUT2D eigenvalue weighted by atomic mass is 19.2. The Labute approximate surface area is 151 Å². The molecule has 1 aliphatic rings. The molecular formula is C18H22F2N4O2. The van der Waals surface area contributed by atoms with Crippen molar-refractivity contribution in [3.8, 4) is 6.07 Å². The van der Waals surface area contributed by atoms with E-state index in [-0.39, 0.29) is 30.6 Å². The first kappa shape index (κ1) is 19.8. The van der Waals surface area contributed by atoms with E-state index in [0.29, 0.717) is 13.0 Å². The number of hydrogen-bond acceptors (Lipinski definition) is 4. The summed E-state index contributed by atoms with van der Waals surface area (Å²) in [6.07, 6.45) is 1.52. The third kappa shape index (κ3) is 5.23. The molecule has 2 rings (SSSR count). The molecule has 0 aromatic heterocycles. The molecule has 1 atom stereocenters. The first-order valence-corrected chi connectivity index (χ1v) is 8.41. The van der Waals surface area contributed by atoms with E-state index in [9.17, 15) is 18.4 Å². The molecule has 2 N–H and O–H groups in total. The SMILES string of the molecule is CC(C)(CC(=O)Nc1ccc(F)c(F)c1)NCC(=O)N1CCC[C@H]1C#N. The molecule has 0 saturated carbocycles. The summed E-state index contributed by atoms with van der Waals surface area (Å²) in [7, 11) is 0. The number of anilines is 1. The van der Waals surface area contributed by atoms with Crippen molar-refractivity contribution in [3.05, 3.63) is 29.8 Å². The number of halogens is 2. The van der Waals surface area contributed by atoms with Crippen LogP contribution in [-0.4, -0.2) is 41.4 Å². The Morgan fingerprint density at radius 1 is 1.35 bits per heavy atom. The van der Waals surface area contributed by atoms with E-state index in [0.717, 1.165) is 18.6 Å². The van der Waals surface area contributed by atoms with Gasteiger partial charge in [0.15, 0.2) is 11.6 Å². The van der Waals surface area contributed by atoms with Gasteiger partial charge >= 0.3 is 0 Å². The van der Waals surface area contributed by atoms with E-state index in [4.69, 9.17) is 5.26 Å². The Morgan fingerprint density at radius 2 is 2.08 bits per heavy atom. The van der Waals surface area contributed by atoms with Crippen molar-refractivity contribution >= 4 is 17.5 Å². The van der Waals surface area contributed by atoms with Crippen LogP contribution in [0.2, 0.25) is 0 Å². The van der Waals surface area contributed by atoms with Crippen LogP contribution in [0.1, 0.15) is 33.1 Å². The fourth-order valence-corrected chi connectivity index (χ4v) is 2.86. The second kappa shape index (κ2) is 8.23. The number of likely N-dealkylation sites (tertiary alicyclic amines) is 1. The molecule has 0 spiro atoms. The standard InChI is InChI=1S/C18H22F2N4O2/c1-18(2,22-11-17(26)24-7-3-4-13(24)10-21)9-16(25)23-12-5-6-14(19)15(20)8-12/h5-6,8,13,22H,3-4,7,9,11H2,1-2H3,(H,23,25)/t13-/m0/s1. The maximum Gasteiger partial charge on any atom is 0.237 e. The minimum absolute atomic E-state index is 0.0175. The van der Waals surface area contributed by atoms with Gasteiger partial charge in [-0.05, 0) is 38.8 Å². The van der Waals surface area contributed by atoms with Gasteiger partial charge in [0.05, 0.1) is 12.6 Å². The normalized spacial score (nSPS) is 17.0. The summed E-state index contributed by atoms with van der Waals surface area (Å²) >= 11 is 0. The largest absolute Gasteiger partial charge is 0.326 e. The van der Waals surface area contributed by atoms with Crippen molar-refractivity contribution in [2.24, 2.45) is 0 Å². The van der Waals surface area contributed by atoms with Crippen LogP contribution in [0.3, 0.4) is 0 Å². The molecule has 1 aromatic carbocycles. The predicted molar refractivity (Wildman–Crippen MR) is 92.0 cm³/mol. The van der Waals surface area contributed by atoms with Gasteiger partial charge in [0.25, 0.3) is 0 Å².